The molecular weight excluding hydrogens is 272 g/mol. The van der Waals surface area contributed by atoms with Gasteiger partial charge >= 0.3 is 16.4 Å². The summed E-state index contributed by atoms with van der Waals surface area (Å²) in [5.41, 5.74) is 5.13. The first-order valence-corrected chi connectivity index (χ1v) is 7.62. The number of nitrogens with two attached hydrogens (primary N) is 1. The number of ether oxygens (including phenoxy) is 1. The Labute approximate surface area is 114 Å². The number of amides is 1. The van der Waals surface area contributed by atoms with Crippen LogP contribution in [0.1, 0.15) is 40.5 Å². The van der Waals surface area contributed by atoms with Crippen LogP contribution in [0, 0.1) is 0 Å². The van der Waals surface area contributed by atoms with Gasteiger partial charge in [0.25, 0.3) is 0 Å². The fourth-order valence-corrected chi connectivity index (χ4v) is 3.00. The van der Waals surface area contributed by atoms with E-state index in [9.17, 15) is 13.2 Å². The first-order valence-electron chi connectivity index (χ1n) is 6.26. The van der Waals surface area contributed by atoms with E-state index in [1.165, 1.54) is 0 Å². The van der Waals surface area contributed by atoms with E-state index >= 15 is 0 Å². The van der Waals surface area contributed by atoms with Gasteiger partial charge in [0, 0.05) is 6.04 Å². The monoisotopic (exact) mass is 294 g/mol. The van der Waals surface area contributed by atoms with E-state index in [0.29, 0.717) is 10.7 Å². The minimum absolute atomic E-state index is 0.122. The van der Waals surface area contributed by atoms with Crippen molar-refractivity contribution in [2.45, 2.75) is 58.2 Å². The highest BCUT2D eigenvalue weighted by Crippen LogP contribution is 2.25. The third-order valence-corrected chi connectivity index (χ3v) is 3.96. The van der Waals surface area contributed by atoms with Crippen molar-refractivity contribution < 1.29 is 22.1 Å². The van der Waals surface area contributed by atoms with Gasteiger partial charge in [0.05, 0.1) is 12.6 Å². The molecule has 8 heteroatoms. The molecule has 1 saturated heterocycles. The molecule has 2 atom stereocenters. The number of carbonyl (C=O) groups excluding carboxylic acids is 1. The van der Waals surface area contributed by atoms with Gasteiger partial charge in [0.15, 0.2) is 0 Å². The molecule has 19 heavy (non-hydrogen) atoms. The second-order valence-electron chi connectivity index (χ2n) is 5.54. The highest BCUT2D eigenvalue weighted by atomic mass is 32.2. The summed E-state index contributed by atoms with van der Waals surface area (Å²) in [4.78, 5) is 12.0. The van der Waals surface area contributed by atoms with E-state index in [1.807, 2.05) is 6.92 Å². The van der Waals surface area contributed by atoms with Crippen molar-refractivity contribution in [2.24, 2.45) is 5.73 Å². The van der Waals surface area contributed by atoms with Gasteiger partial charge in [-0.2, -0.15) is 12.7 Å². The third-order valence-electron chi connectivity index (χ3n) is 2.62. The van der Waals surface area contributed by atoms with Crippen LogP contribution in [0.2, 0.25) is 0 Å². The zero-order valence-corrected chi connectivity index (χ0v) is 12.6. The Hall–Kier alpha value is -0.860. The molecule has 2 N–H and O–H groups in total. The van der Waals surface area contributed by atoms with Crippen LogP contribution in [0.5, 0.6) is 0 Å². The predicted octanol–water partition coefficient (Wildman–Crippen LogP) is 0.994. The number of hydrogen-bond acceptors (Lipinski definition) is 6. The zero-order chi connectivity index (χ0) is 14.8. The van der Waals surface area contributed by atoms with Crippen molar-refractivity contribution in [3.8, 4) is 0 Å². The summed E-state index contributed by atoms with van der Waals surface area (Å²) in [6.45, 7) is 6.80. The van der Waals surface area contributed by atoms with E-state index in [1.54, 1.807) is 20.8 Å². The molecule has 0 aromatic heterocycles. The highest BCUT2D eigenvalue weighted by molar-refractivity contribution is 7.85. The fraction of sp³-hybridized carbons (Fsp3) is 0.909. The van der Waals surface area contributed by atoms with Crippen molar-refractivity contribution in [3.05, 3.63) is 0 Å². The van der Waals surface area contributed by atoms with Crippen LogP contribution >= 0.6 is 0 Å². The molecule has 7 nitrogen and oxygen atoms in total. The number of rotatable bonds is 3. The standard InChI is InChI=1S/C11H22N2O5S/c1-5-6-8(12)9-7-17-19(15,16)13(9)10(14)18-11(2,3)4/h8-9H,5-7,12H2,1-4H3/t8?,9-/m1/s1. The van der Waals surface area contributed by atoms with Gasteiger partial charge in [-0.15, -0.1) is 0 Å². The van der Waals surface area contributed by atoms with E-state index in [-0.39, 0.29) is 6.61 Å². The normalized spacial score (nSPS) is 24.3. The molecule has 0 aromatic rings. The van der Waals surface area contributed by atoms with Crippen molar-refractivity contribution in [2.75, 3.05) is 6.61 Å². The summed E-state index contributed by atoms with van der Waals surface area (Å²) in [5.74, 6) is 0. The molecule has 0 radical (unpaired) electrons. The molecule has 1 amide bonds. The second-order valence-corrected chi connectivity index (χ2v) is 7.02. The molecule has 1 fully saturated rings. The van der Waals surface area contributed by atoms with Crippen molar-refractivity contribution in [1.29, 1.82) is 0 Å². The molecular formula is C11H22N2O5S. The van der Waals surface area contributed by atoms with Crippen LogP contribution in [0.15, 0.2) is 0 Å². The van der Waals surface area contributed by atoms with Gasteiger partial charge in [0.2, 0.25) is 0 Å². The summed E-state index contributed by atoms with van der Waals surface area (Å²) >= 11 is 0. The first-order chi connectivity index (χ1) is 8.58. The van der Waals surface area contributed by atoms with Gasteiger partial charge < -0.3 is 10.5 Å². The number of hydrogen-bond donors (Lipinski definition) is 1. The van der Waals surface area contributed by atoms with Crippen LogP contribution in [-0.2, 0) is 19.2 Å². The van der Waals surface area contributed by atoms with Crippen molar-refractivity contribution in [3.63, 3.8) is 0 Å². The highest BCUT2D eigenvalue weighted by Gasteiger charge is 2.46. The van der Waals surface area contributed by atoms with Crippen molar-refractivity contribution >= 4 is 16.4 Å². The fourth-order valence-electron chi connectivity index (χ4n) is 1.80. The van der Waals surface area contributed by atoms with E-state index in [0.717, 1.165) is 6.42 Å². The van der Waals surface area contributed by atoms with E-state index in [4.69, 9.17) is 10.5 Å². The molecule has 1 rings (SSSR count). The Morgan fingerprint density at radius 1 is 1.53 bits per heavy atom. The summed E-state index contributed by atoms with van der Waals surface area (Å²) in [6.07, 6.45) is 0.449. The minimum atomic E-state index is -4.09. The Bertz CT molecular complexity index is 429. The van der Waals surface area contributed by atoms with Crippen LogP contribution in [0.4, 0.5) is 4.79 Å². The largest absolute Gasteiger partial charge is 0.443 e. The molecule has 0 aliphatic carbocycles. The molecule has 0 aromatic carbocycles. The summed E-state index contributed by atoms with van der Waals surface area (Å²) in [5, 5.41) is 0. The maximum atomic E-state index is 12.0. The Morgan fingerprint density at radius 2 is 2.11 bits per heavy atom. The zero-order valence-electron chi connectivity index (χ0n) is 11.8. The predicted molar refractivity (Wildman–Crippen MR) is 69.6 cm³/mol. The molecule has 112 valence electrons. The molecule has 1 unspecified atom stereocenters. The van der Waals surface area contributed by atoms with Gasteiger partial charge in [-0.1, -0.05) is 13.3 Å². The first kappa shape index (κ1) is 16.2. The lowest BCUT2D eigenvalue weighted by molar-refractivity contribution is 0.0341. The number of carbonyl (C=O) groups is 1. The Kier molecular flexibility index (Phi) is 4.81. The average molecular weight is 294 g/mol. The quantitative estimate of drug-likeness (QED) is 0.833. The topological polar surface area (TPSA) is 98.9 Å². The molecule has 0 saturated carbocycles. The maximum Gasteiger partial charge on any atom is 0.426 e. The molecule has 1 heterocycles. The molecule has 0 spiro atoms. The van der Waals surface area contributed by atoms with Gasteiger partial charge in [-0.05, 0) is 27.2 Å². The second kappa shape index (κ2) is 5.64. The lowest BCUT2D eigenvalue weighted by atomic mass is 10.1. The van der Waals surface area contributed by atoms with Gasteiger partial charge in [-0.25, -0.2) is 4.79 Å². The van der Waals surface area contributed by atoms with Crippen LogP contribution < -0.4 is 5.73 Å². The minimum Gasteiger partial charge on any atom is -0.443 e. The maximum absolute atomic E-state index is 12.0. The molecule has 0 bridgehead atoms. The van der Waals surface area contributed by atoms with Crippen LogP contribution in [0.3, 0.4) is 0 Å². The van der Waals surface area contributed by atoms with Gasteiger partial charge in [0.1, 0.15) is 5.60 Å². The SMILES string of the molecule is CCCC(N)[C@H]1COS(=O)(=O)N1C(=O)OC(C)(C)C. The Balaban J connectivity index is 2.93. The van der Waals surface area contributed by atoms with Gasteiger partial charge in [-0.3, -0.25) is 4.18 Å². The summed E-state index contributed by atoms with van der Waals surface area (Å²) in [6, 6.07) is -1.17. The average Bonchev–Trinajstić information content (AvgIpc) is 2.51. The summed E-state index contributed by atoms with van der Waals surface area (Å²) < 4.78 is 33.9. The number of nitrogens with zero attached hydrogens (tertiary/aromatic N) is 1. The lowest BCUT2D eigenvalue weighted by Gasteiger charge is -2.28. The van der Waals surface area contributed by atoms with Crippen LogP contribution in [0.25, 0.3) is 0 Å². The molecule has 1 aliphatic rings. The van der Waals surface area contributed by atoms with E-state index < -0.39 is 34.1 Å². The molecule has 1 aliphatic heterocycles. The van der Waals surface area contributed by atoms with Crippen molar-refractivity contribution in [1.82, 2.24) is 4.31 Å². The van der Waals surface area contributed by atoms with E-state index in [2.05, 4.69) is 4.18 Å². The Morgan fingerprint density at radius 3 is 2.58 bits per heavy atom. The van der Waals surface area contributed by atoms with Crippen LogP contribution in [-0.4, -0.2) is 43.1 Å². The smallest absolute Gasteiger partial charge is 0.426 e. The third kappa shape index (κ3) is 4.05. The summed E-state index contributed by atoms with van der Waals surface area (Å²) in [7, 11) is -4.09. The lowest BCUT2D eigenvalue weighted by Crippen LogP contribution is -2.50.